The van der Waals surface area contributed by atoms with Gasteiger partial charge in [0.15, 0.2) is 0 Å². The first-order valence-corrected chi connectivity index (χ1v) is 6.48. The van der Waals surface area contributed by atoms with Gasteiger partial charge in [0.2, 0.25) is 0 Å². The lowest BCUT2D eigenvalue weighted by atomic mass is 10.0. The highest BCUT2D eigenvalue weighted by Gasteiger charge is 2.24. The van der Waals surface area contributed by atoms with Gasteiger partial charge in [-0.2, -0.15) is 0 Å². The number of hydrogen-bond acceptors (Lipinski definition) is 2. The molecule has 0 atom stereocenters. The van der Waals surface area contributed by atoms with Crippen LogP contribution in [0.5, 0.6) is 0 Å². The highest BCUT2D eigenvalue weighted by Crippen LogP contribution is 2.39. The molecular weight excluding hydrogens is 309 g/mol. The van der Waals surface area contributed by atoms with Gasteiger partial charge in [0.1, 0.15) is 5.02 Å². The lowest BCUT2D eigenvalue weighted by molar-refractivity contribution is -0.385. The molecule has 0 heterocycles. The molecule has 0 amide bonds. The second-order valence-corrected chi connectivity index (χ2v) is 5.09. The standard InChI is InChI=1S/C13H8Cl3NO2/c14-10-7-11(15)13(17(18)19)9(12(10)16)6-8-4-2-1-3-5-8/h1-5,7H,6H2. The topological polar surface area (TPSA) is 43.1 Å². The summed E-state index contributed by atoms with van der Waals surface area (Å²) < 4.78 is 0. The van der Waals surface area contributed by atoms with Crippen molar-refractivity contribution in [1.82, 2.24) is 0 Å². The Morgan fingerprint density at radius 2 is 1.68 bits per heavy atom. The van der Waals surface area contributed by atoms with Crippen molar-refractivity contribution in [2.75, 3.05) is 0 Å². The molecule has 0 N–H and O–H groups in total. The molecule has 0 unspecified atom stereocenters. The Labute approximate surface area is 124 Å². The summed E-state index contributed by atoms with van der Waals surface area (Å²) in [5, 5.41) is 11.5. The van der Waals surface area contributed by atoms with Crippen LogP contribution in [0.1, 0.15) is 11.1 Å². The number of nitro benzene ring substituents is 1. The van der Waals surface area contributed by atoms with E-state index in [1.54, 1.807) is 0 Å². The summed E-state index contributed by atoms with van der Waals surface area (Å²) in [6.45, 7) is 0. The average molecular weight is 317 g/mol. The van der Waals surface area contributed by atoms with E-state index in [0.717, 1.165) is 5.56 Å². The zero-order valence-electron chi connectivity index (χ0n) is 9.57. The quantitative estimate of drug-likeness (QED) is 0.447. The molecule has 0 saturated heterocycles. The van der Waals surface area contributed by atoms with Gasteiger partial charge >= 0.3 is 0 Å². The Morgan fingerprint density at radius 3 is 2.26 bits per heavy atom. The van der Waals surface area contributed by atoms with Crippen molar-refractivity contribution >= 4 is 40.5 Å². The van der Waals surface area contributed by atoms with Crippen molar-refractivity contribution in [1.29, 1.82) is 0 Å². The van der Waals surface area contributed by atoms with Crippen LogP contribution in [0.3, 0.4) is 0 Å². The molecule has 98 valence electrons. The van der Waals surface area contributed by atoms with E-state index in [1.807, 2.05) is 30.3 Å². The van der Waals surface area contributed by atoms with E-state index >= 15 is 0 Å². The van der Waals surface area contributed by atoms with Crippen LogP contribution < -0.4 is 0 Å². The third-order valence-corrected chi connectivity index (χ3v) is 3.76. The van der Waals surface area contributed by atoms with Crippen LogP contribution >= 0.6 is 34.8 Å². The second-order valence-electron chi connectivity index (χ2n) is 3.90. The van der Waals surface area contributed by atoms with E-state index in [4.69, 9.17) is 34.8 Å². The first-order valence-electron chi connectivity index (χ1n) is 5.35. The minimum Gasteiger partial charge on any atom is -0.258 e. The number of halogens is 3. The molecule has 0 saturated carbocycles. The van der Waals surface area contributed by atoms with Crippen LogP contribution in [-0.2, 0) is 6.42 Å². The van der Waals surface area contributed by atoms with Crippen molar-refractivity contribution in [2.24, 2.45) is 0 Å². The van der Waals surface area contributed by atoms with Crippen LogP contribution in [0.4, 0.5) is 5.69 Å². The molecule has 6 heteroatoms. The monoisotopic (exact) mass is 315 g/mol. The van der Waals surface area contributed by atoms with Crippen molar-refractivity contribution in [2.45, 2.75) is 6.42 Å². The average Bonchev–Trinajstić information content (AvgIpc) is 2.36. The Balaban J connectivity index is 2.57. The van der Waals surface area contributed by atoms with Crippen molar-refractivity contribution in [3.63, 3.8) is 0 Å². The summed E-state index contributed by atoms with van der Waals surface area (Å²) in [5.41, 5.74) is 1.03. The minimum absolute atomic E-state index is 0.00895. The third-order valence-electron chi connectivity index (χ3n) is 2.65. The number of hydrogen-bond donors (Lipinski definition) is 0. The minimum atomic E-state index is -0.539. The number of nitrogens with zero attached hydrogens (tertiary/aromatic N) is 1. The smallest absolute Gasteiger partial charge is 0.258 e. The Bertz CT molecular complexity index is 630. The lowest BCUT2D eigenvalue weighted by Gasteiger charge is -2.08. The van der Waals surface area contributed by atoms with E-state index in [2.05, 4.69) is 0 Å². The summed E-state index contributed by atoms with van der Waals surface area (Å²) >= 11 is 17.9. The van der Waals surface area contributed by atoms with Gasteiger partial charge in [-0.05, 0) is 11.6 Å². The summed E-state index contributed by atoms with van der Waals surface area (Å²) in [6, 6.07) is 10.6. The highest BCUT2D eigenvalue weighted by atomic mass is 35.5. The van der Waals surface area contributed by atoms with E-state index < -0.39 is 4.92 Å². The molecule has 19 heavy (non-hydrogen) atoms. The molecular formula is C13H8Cl3NO2. The van der Waals surface area contributed by atoms with Crippen LogP contribution in [0, 0.1) is 10.1 Å². The molecule has 0 fully saturated rings. The van der Waals surface area contributed by atoms with Crippen molar-refractivity contribution in [3.8, 4) is 0 Å². The van der Waals surface area contributed by atoms with Crippen molar-refractivity contribution < 1.29 is 4.92 Å². The predicted octanol–water partition coefficient (Wildman–Crippen LogP) is 5.15. The van der Waals surface area contributed by atoms with Gasteiger partial charge in [-0.15, -0.1) is 0 Å². The predicted molar refractivity (Wildman–Crippen MR) is 77.4 cm³/mol. The summed E-state index contributed by atoms with van der Waals surface area (Å²) in [4.78, 5) is 10.6. The van der Waals surface area contributed by atoms with Gasteiger partial charge in [-0.1, -0.05) is 65.1 Å². The molecule has 0 aliphatic carbocycles. The maximum absolute atomic E-state index is 11.1. The summed E-state index contributed by atoms with van der Waals surface area (Å²) in [7, 11) is 0. The molecule has 3 nitrogen and oxygen atoms in total. The molecule has 2 rings (SSSR count). The third kappa shape index (κ3) is 3.00. The second kappa shape index (κ2) is 5.78. The first kappa shape index (κ1) is 14.1. The largest absolute Gasteiger partial charge is 0.292 e. The SMILES string of the molecule is O=[N+]([O-])c1c(Cl)cc(Cl)c(Cl)c1Cc1ccccc1. The van der Waals surface area contributed by atoms with E-state index in [9.17, 15) is 10.1 Å². The molecule has 0 aliphatic rings. The van der Waals surface area contributed by atoms with Crippen LogP contribution in [0.15, 0.2) is 36.4 Å². The number of nitro groups is 1. The maximum atomic E-state index is 11.1. The normalized spacial score (nSPS) is 10.5. The van der Waals surface area contributed by atoms with Crippen LogP contribution in [-0.4, -0.2) is 4.92 Å². The number of benzene rings is 2. The molecule has 0 aliphatic heterocycles. The zero-order valence-corrected chi connectivity index (χ0v) is 11.8. The molecule has 0 aromatic heterocycles. The first-order chi connectivity index (χ1) is 9.00. The molecule has 0 radical (unpaired) electrons. The zero-order chi connectivity index (χ0) is 14.0. The van der Waals surface area contributed by atoms with Crippen molar-refractivity contribution in [3.05, 3.63) is 72.7 Å². The fourth-order valence-corrected chi connectivity index (χ4v) is 2.58. The summed E-state index contributed by atoms with van der Waals surface area (Å²) in [5.74, 6) is 0. The summed E-state index contributed by atoms with van der Waals surface area (Å²) in [6.07, 6.45) is 0.302. The van der Waals surface area contributed by atoms with Crippen LogP contribution in [0.2, 0.25) is 15.1 Å². The molecule has 2 aromatic carbocycles. The lowest BCUT2D eigenvalue weighted by Crippen LogP contribution is -1.99. The number of rotatable bonds is 3. The fraction of sp³-hybridized carbons (Fsp3) is 0.0769. The molecule has 0 bridgehead atoms. The van der Waals surface area contributed by atoms with Gasteiger partial charge in [0.05, 0.1) is 20.5 Å². The Morgan fingerprint density at radius 1 is 1.05 bits per heavy atom. The highest BCUT2D eigenvalue weighted by molar-refractivity contribution is 6.44. The molecule has 2 aromatic rings. The van der Waals surface area contributed by atoms with Gasteiger partial charge in [-0.3, -0.25) is 10.1 Å². The Kier molecular flexibility index (Phi) is 4.30. The van der Waals surface area contributed by atoms with E-state index in [-0.39, 0.29) is 20.8 Å². The van der Waals surface area contributed by atoms with E-state index in [0.29, 0.717) is 12.0 Å². The van der Waals surface area contributed by atoms with E-state index in [1.165, 1.54) is 6.07 Å². The van der Waals surface area contributed by atoms with Gasteiger partial charge in [0.25, 0.3) is 5.69 Å². The van der Waals surface area contributed by atoms with Gasteiger partial charge < -0.3 is 0 Å². The van der Waals surface area contributed by atoms with Crippen LogP contribution in [0.25, 0.3) is 0 Å². The maximum Gasteiger partial charge on any atom is 0.292 e. The molecule has 0 spiro atoms. The fourth-order valence-electron chi connectivity index (χ4n) is 1.79. The van der Waals surface area contributed by atoms with Gasteiger partial charge in [0, 0.05) is 6.42 Å². The van der Waals surface area contributed by atoms with Gasteiger partial charge in [-0.25, -0.2) is 0 Å². The Hall–Kier alpha value is -1.29.